The van der Waals surface area contributed by atoms with Gasteiger partial charge in [-0.05, 0) is 24.3 Å². The van der Waals surface area contributed by atoms with E-state index in [4.69, 9.17) is 0 Å². The third kappa shape index (κ3) is 5.98. The Hall–Kier alpha value is -1.86. The molecule has 1 aliphatic rings. The third-order valence-corrected chi connectivity index (χ3v) is 4.71. The summed E-state index contributed by atoms with van der Waals surface area (Å²) < 4.78 is 12.8. The van der Waals surface area contributed by atoms with Crippen LogP contribution in [0.4, 0.5) is 4.39 Å². The minimum Gasteiger partial charge on any atom is -0.352 e. The molecule has 0 unspecified atom stereocenters. The average Bonchev–Trinajstić information content (AvgIpc) is 2.60. The molecule has 0 aromatic heterocycles. The Bertz CT molecular complexity index is 572. The number of halogens is 1. The summed E-state index contributed by atoms with van der Waals surface area (Å²) in [5, 5.41) is 2.75. The van der Waals surface area contributed by atoms with Crippen LogP contribution in [0, 0.1) is 5.82 Å². The number of carbonyl (C=O) groups is 2. The van der Waals surface area contributed by atoms with Crippen LogP contribution in [0.5, 0.6) is 0 Å². The van der Waals surface area contributed by atoms with Gasteiger partial charge in [-0.25, -0.2) is 4.39 Å². The van der Waals surface area contributed by atoms with Gasteiger partial charge < -0.3 is 10.2 Å². The van der Waals surface area contributed by atoms with Gasteiger partial charge in [0.1, 0.15) is 5.82 Å². The molecule has 2 rings (SSSR count). The lowest BCUT2D eigenvalue weighted by molar-refractivity contribution is -0.130. The number of piperazine rings is 1. The third-order valence-electron chi connectivity index (χ3n) is 3.71. The van der Waals surface area contributed by atoms with Gasteiger partial charge in [-0.2, -0.15) is 0 Å². The van der Waals surface area contributed by atoms with Crippen molar-refractivity contribution in [3.63, 3.8) is 0 Å². The van der Waals surface area contributed by atoms with Crippen LogP contribution >= 0.6 is 11.8 Å². The molecule has 1 aromatic rings. The molecular formula is C17H22FN3O2S. The summed E-state index contributed by atoms with van der Waals surface area (Å²) in [5.41, 5.74) is 0. The lowest BCUT2D eigenvalue weighted by Gasteiger charge is -2.34. The number of thioether (sulfide) groups is 1. The van der Waals surface area contributed by atoms with Crippen molar-refractivity contribution in [1.29, 1.82) is 0 Å². The smallest absolute Gasteiger partial charge is 0.234 e. The van der Waals surface area contributed by atoms with Crippen molar-refractivity contribution in [3.05, 3.63) is 42.7 Å². The van der Waals surface area contributed by atoms with Gasteiger partial charge in [0.15, 0.2) is 0 Å². The molecule has 0 spiro atoms. The highest BCUT2D eigenvalue weighted by Gasteiger charge is 2.22. The highest BCUT2D eigenvalue weighted by Crippen LogP contribution is 2.18. The van der Waals surface area contributed by atoms with Crippen molar-refractivity contribution in [1.82, 2.24) is 15.1 Å². The van der Waals surface area contributed by atoms with E-state index in [0.717, 1.165) is 4.90 Å². The number of hydrogen-bond acceptors (Lipinski definition) is 4. The van der Waals surface area contributed by atoms with Crippen LogP contribution < -0.4 is 5.32 Å². The highest BCUT2D eigenvalue weighted by atomic mass is 32.2. The fraction of sp³-hybridized carbons (Fsp3) is 0.412. The van der Waals surface area contributed by atoms with E-state index in [1.54, 1.807) is 18.2 Å². The number of hydrogen-bond donors (Lipinski definition) is 1. The zero-order valence-electron chi connectivity index (χ0n) is 13.5. The summed E-state index contributed by atoms with van der Waals surface area (Å²) in [6, 6.07) is 6.13. The number of nitrogens with zero attached hydrogens (tertiary/aromatic N) is 2. The maximum absolute atomic E-state index is 12.8. The molecular weight excluding hydrogens is 329 g/mol. The van der Waals surface area contributed by atoms with Crippen LogP contribution in [-0.4, -0.2) is 66.6 Å². The van der Waals surface area contributed by atoms with E-state index < -0.39 is 0 Å². The van der Waals surface area contributed by atoms with Gasteiger partial charge in [-0.3, -0.25) is 14.5 Å². The van der Waals surface area contributed by atoms with Gasteiger partial charge in [0.25, 0.3) is 0 Å². The number of carbonyl (C=O) groups excluding carboxylic acids is 2. The second-order valence-corrected chi connectivity index (χ2v) is 6.54. The zero-order valence-corrected chi connectivity index (χ0v) is 14.4. The standard InChI is InChI=1S/C17H22FN3O2S/c1-2-7-19-16(22)12-20-8-10-21(11-9-20)17(23)13-24-15-5-3-14(18)4-6-15/h2-6H,1,7-13H2,(H,19,22). The van der Waals surface area contributed by atoms with Gasteiger partial charge in [0, 0.05) is 37.6 Å². The Kier molecular flexibility index (Phi) is 7.27. The van der Waals surface area contributed by atoms with Crippen molar-refractivity contribution < 1.29 is 14.0 Å². The lowest BCUT2D eigenvalue weighted by Crippen LogP contribution is -2.51. The molecule has 1 fully saturated rings. The van der Waals surface area contributed by atoms with Crippen LogP contribution in [0.3, 0.4) is 0 Å². The molecule has 0 bridgehead atoms. The van der Waals surface area contributed by atoms with Crippen LogP contribution in [0.2, 0.25) is 0 Å². The second kappa shape index (κ2) is 9.44. The summed E-state index contributed by atoms with van der Waals surface area (Å²) in [6.07, 6.45) is 1.65. The molecule has 0 radical (unpaired) electrons. The van der Waals surface area contributed by atoms with E-state index in [1.807, 2.05) is 9.80 Å². The van der Waals surface area contributed by atoms with Gasteiger partial charge in [-0.15, -0.1) is 18.3 Å². The summed E-state index contributed by atoms with van der Waals surface area (Å²) in [6.45, 7) is 7.00. The minimum atomic E-state index is -0.279. The van der Waals surface area contributed by atoms with E-state index in [2.05, 4.69) is 11.9 Å². The van der Waals surface area contributed by atoms with Gasteiger partial charge in [-0.1, -0.05) is 6.08 Å². The molecule has 1 heterocycles. The van der Waals surface area contributed by atoms with Gasteiger partial charge >= 0.3 is 0 Å². The quantitative estimate of drug-likeness (QED) is 0.595. The Morgan fingerprint density at radius 1 is 1.21 bits per heavy atom. The molecule has 24 heavy (non-hydrogen) atoms. The first kappa shape index (κ1) is 18.5. The summed E-state index contributed by atoms with van der Waals surface area (Å²) >= 11 is 1.41. The van der Waals surface area contributed by atoms with Crippen molar-refractivity contribution >= 4 is 23.6 Å². The predicted molar refractivity (Wildman–Crippen MR) is 93.4 cm³/mol. The average molecular weight is 351 g/mol. The maximum Gasteiger partial charge on any atom is 0.234 e. The monoisotopic (exact) mass is 351 g/mol. The topological polar surface area (TPSA) is 52.7 Å². The molecule has 0 atom stereocenters. The number of rotatable bonds is 7. The largest absolute Gasteiger partial charge is 0.352 e. The Balaban J connectivity index is 1.69. The number of amides is 2. The molecule has 1 N–H and O–H groups in total. The minimum absolute atomic E-state index is 0.0264. The van der Waals surface area contributed by atoms with Crippen LogP contribution in [0.1, 0.15) is 0 Å². The molecule has 7 heteroatoms. The lowest BCUT2D eigenvalue weighted by atomic mass is 10.3. The fourth-order valence-electron chi connectivity index (χ4n) is 2.37. The van der Waals surface area contributed by atoms with E-state index >= 15 is 0 Å². The van der Waals surface area contributed by atoms with E-state index in [-0.39, 0.29) is 17.6 Å². The number of nitrogens with one attached hydrogen (secondary N) is 1. The van der Waals surface area contributed by atoms with Gasteiger partial charge in [0.05, 0.1) is 12.3 Å². The first-order valence-electron chi connectivity index (χ1n) is 7.84. The summed E-state index contributed by atoms with van der Waals surface area (Å²) in [7, 11) is 0. The second-order valence-electron chi connectivity index (χ2n) is 5.49. The Morgan fingerprint density at radius 3 is 2.50 bits per heavy atom. The molecule has 130 valence electrons. The first-order chi connectivity index (χ1) is 11.6. The Morgan fingerprint density at radius 2 is 1.88 bits per heavy atom. The maximum atomic E-state index is 12.8. The van der Waals surface area contributed by atoms with Crippen molar-refractivity contribution in [2.75, 3.05) is 45.0 Å². The fourth-order valence-corrected chi connectivity index (χ4v) is 3.17. The van der Waals surface area contributed by atoms with E-state index in [0.29, 0.717) is 45.0 Å². The SMILES string of the molecule is C=CCNC(=O)CN1CCN(C(=O)CSc2ccc(F)cc2)CC1. The zero-order chi connectivity index (χ0) is 17.4. The molecule has 1 aliphatic heterocycles. The van der Waals surface area contributed by atoms with E-state index in [1.165, 1.54) is 23.9 Å². The van der Waals surface area contributed by atoms with Crippen molar-refractivity contribution in [2.45, 2.75) is 4.90 Å². The molecule has 1 saturated heterocycles. The van der Waals surface area contributed by atoms with Crippen LogP contribution in [-0.2, 0) is 9.59 Å². The van der Waals surface area contributed by atoms with Crippen LogP contribution in [0.15, 0.2) is 41.8 Å². The predicted octanol–water partition coefficient (Wildman–Crippen LogP) is 1.36. The summed E-state index contributed by atoms with van der Waals surface area (Å²) in [5.74, 6) is 0.103. The molecule has 0 saturated carbocycles. The highest BCUT2D eigenvalue weighted by molar-refractivity contribution is 8.00. The number of benzene rings is 1. The van der Waals surface area contributed by atoms with Crippen LogP contribution in [0.25, 0.3) is 0 Å². The Labute approximate surface area is 145 Å². The van der Waals surface area contributed by atoms with Crippen molar-refractivity contribution in [3.8, 4) is 0 Å². The van der Waals surface area contributed by atoms with E-state index in [9.17, 15) is 14.0 Å². The molecule has 0 aliphatic carbocycles. The van der Waals surface area contributed by atoms with Crippen molar-refractivity contribution in [2.24, 2.45) is 0 Å². The molecule has 1 aromatic carbocycles. The van der Waals surface area contributed by atoms with Gasteiger partial charge in [0.2, 0.25) is 11.8 Å². The first-order valence-corrected chi connectivity index (χ1v) is 8.83. The molecule has 5 nitrogen and oxygen atoms in total. The normalized spacial score (nSPS) is 15.1. The molecule has 2 amide bonds. The summed E-state index contributed by atoms with van der Waals surface area (Å²) in [4.78, 5) is 28.6.